The number of carbonyl (C=O) groups is 3. The minimum absolute atomic E-state index is 0.306. The van der Waals surface area contributed by atoms with Crippen LogP contribution in [-0.4, -0.2) is 37.5 Å². The summed E-state index contributed by atoms with van der Waals surface area (Å²) in [6.07, 6.45) is 0. The number of benzene rings is 3. The lowest BCUT2D eigenvalue weighted by Crippen LogP contribution is -2.29. The molecule has 0 radical (unpaired) electrons. The van der Waals surface area contributed by atoms with Gasteiger partial charge in [0.05, 0.1) is 0 Å². The van der Waals surface area contributed by atoms with Gasteiger partial charge >= 0.3 is 0 Å². The van der Waals surface area contributed by atoms with Crippen LogP contribution in [0.2, 0.25) is 0 Å². The van der Waals surface area contributed by atoms with Crippen LogP contribution in [-0.2, 0) is 14.4 Å². The van der Waals surface area contributed by atoms with Gasteiger partial charge in [0.2, 0.25) is 0 Å². The van der Waals surface area contributed by atoms with Crippen molar-refractivity contribution in [2.75, 3.05) is 19.8 Å². The first-order valence-corrected chi connectivity index (χ1v) is 11.5. The first-order valence-electron chi connectivity index (χ1n) is 10.2. The topological polar surface area (TPSA) is 157 Å². The fourth-order valence-electron chi connectivity index (χ4n) is 3.13. The fraction of sp³-hybridized carbons (Fsp3) is 0.125. The van der Waals surface area contributed by atoms with Crippen LogP contribution in [0.3, 0.4) is 0 Å². The van der Waals surface area contributed by atoms with Gasteiger partial charge in [-0.25, -0.2) is 0 Å². The first-order chi connectivity index (χ1) is 16.4. The smallest absolute Gasteiger partial charge is 0.255 e. The Hall–Kier alpha value is -4.10. The van der Waals surface area contributed by atoms with Gasteiger partial charge in [-0.1, -0.05) is 54.6 Å². The Labute approximate surface area is 197 Å². The number of primary amides is 3. The fourth-order valence-corrected chi connectivity index (χ4v) is 5.69. The van der Waals surface area contributed by atoms with E-state index in [1.165, 1.54) is 0 Å². The summed E-state index contributed by atoms with van der Waals surface area (Å²) in [6, 6.07) is 21.6. The molecule has 0 aliphatic rings. The second kappa shape index (κ2) is 11.7. The van der Waals surface area contributed by atoms with Crippen LogP contribution in [0.25, 0.3) is 0 Å². The normalized spacial score (nSPS) is 10.5. The first kappa shape index (κ1) is 24.5. The maximum Gasteiger partial charge on any atom is 0.255 e. The van der Waals surface area contributed by atoms with Crippen LogP contribution in [0, 0.1) is 0 Å². The minimum Gasteiger partial charge on any atom is -0.483 e. The third-order valence-corrected chi connectivity index (χ3v) is 6.98. The molecule has 0 spiro atoms. The van der Waals surface area contributed by atoms with Crippen molar-refractivity contribution in [1.29, 1.82) is 0 Å². The number of carbonyl (C=O) groups excluding carboxylic acids is 3. The van der Waals surface area contributed by atoms with Crippen LogP contribution in [0.4, 0.5) is 0 Å². The molecule has 3 rings (SSSR count). The van der Waals surface area contributed by atoms with Crippen molar-refractivity contribution in [3.05, 3.63) is 72.8 Å². The zero-order valence-electron chi connectivity index (χ0n) is 18.2. The summed E-state index contributed by atoms with van der Waals surface area (Å²) in [7, 11) is -1.43. The van der Waals surface area contributed by atoms with E-state index in [9.17, 15) is 14.4 Å². The molecule has 0 heterocycles. The Bertz CT molecular complexity index is 1040. The van der Waals surface area contributed by atoms with Crippen molar-refractivity contribution in [2.45, 2.75) is 0 Å². The van der Waals surface area contributed by atoms with E-state index in [2.05, 4.69) is 0 Å². The highest BCUT2D eigenvalue weighted by Crippen LogP contribution is 2.42. The molecule has 0 aliphatic heterocycles. The summed E-state index contributed by atoms with van der Waals surface area (Å²) in [6.45, 7) is -0.917. The van der Waals surface area contributed by atoms with E-state index in [1.54, 1.807) is 36.4 Å². The zero-order chi connectivity index (χ0) is 24.5. The van der Waals surface area contributed by atoms with E-state index in [0.717, 1.165) is 15.9 Å². The average Bonchev–Trinajstić information content (AvgIpc) is 2.82. The van der Waals surface area contributed by atoms with Crippen LogP contribution >= 0.6 is 7.92 Å². The summed E-state index contributed by atoms with van der Waals surface area (Å²) in [5.41, 5.74) is 15.9. The number of hydrogen-bond donors (Lipinski definition) is 3. The van der Waals surface area contributed by atoms with Crippen molar-refractivity contribution < 1.29 is 28.6 Å². The molecule has 0 atom stereocenters. The second-order valence-corrected chi connectivity index (χ2v) is 9.12. The highest BCUT2D eigenvalue weighted by molar-refractivity contribution is 7.80. The Morgan fingerprint density at radius 3 is 1.06 bits per heavy atom. The Balaban J connectivity index is 2.20. The van der Waals surface area contributed by atoms with E-state index in [-0.39, 0.29) is 19.8 Å². The van der Waals surface area contributed by atoms with Crippen molar-refractivity contribution in [3.8, 4) is 17.2 Å². The molecule has 3 aromatic rings. The molecule has 0 bridgehead atoms. The lowest BCUT2D eigenvalue weighted by molar-refractivity contribution is -0.120. The number of ether oxygens (including phenoxy) is 3. The molecular formula is C24H24N3O6P. The van der Waals surface area contributed by atoms with E-state index in [4.69, 9.17) is 31.4 Å². The lowest BCUT2D eigenvalue weighted by Gasteiger charge is -2.25. The molecule has 0 aliphatic carbocycles. The quantitative estimate of drug-likeness (QED) is 0.310. The van der Waals surface area contributed by atoms with Gasteiger partial charge in [-0.15, -0.1) is 0 Å². The minimum atomic E-state index is -1.43. The number of hydrogen-bond acceptors (Lipinski definition) is 6. The summed E-state index contributed by atoms with van der Waals surface area (Å²) in [5, 5.41) is 2.22. The van der Waals surface area contributed by atoms with Gasteiger partial charge in [0.1, 0.15) is 17.2 Å². The molecule has 6 N–H and O–H groups in total. The van der Waals surface area contributed by atoms with Crippen LogP contribution in [0.5, 0.6) is 17.2 Å². The molecule has 0 unspecified atom stereocenters. The van der Waals surface area contributed by atoms with Gasteiger partial charge in [-0.05, 0) is 26.1 Å². The van der Waals surface area contributed by atoms with Crippen molar-refractivity contribution in [1.82, 2.24) is 0 Å². The maximum absolute atomic E-state index is 11.4. The van der Waals surface area contributed by atoms with Crippen molar-refractivity contribution in [2.24, 2.45) is 17.2 Å². The van der Waals surface area contributed by atoms with Crippen molar-refractivity contribution in [3.63, 3.8) is 0 Å². The number of rotatable bonds is 12. The third kappa shape index (κ3) is 6.46. The summed E-state index contributed by atoms with van der Waals surface area (Å²) in [4.78, 5) is 34.1. The van der Waals surface area contributed by atoms with Crippen LogP contribution in [0.1, 0.15) is 0 Å². The monoisotopic (exact) mass is 481 g/mol. The SMILES string of the molecule is NC(=O)COc1ccccc1P(c1ccccc1OCC(N)=O)c1ccccc1OCC(N)=O. The molecule has 34 heavy (non-hydrogen) atoms. The number of para-hydroxylation sites is 3. The molecule has 0 saturated carbocycles. The predicted molar refractivity (Wildman–Crippen MR) is 129 cm³/mol. The van der Waals surface area contributed by atoms with Gasteiger partial charge in [0, 0.05) is 15.9 Å². The predicted octanol–water partition coefficient (Wildman–Crippen LogP) is 0.0371. The van der Waals surface area contributed by atoms with E-state index in [1.807, 2.05) is 36.4 Å². The van der Waals surface area contributed by atoms with Crippen LogP contribution < -0.4 is 47.3 Å². The highest BCUT2D eigenvalue weighted by Gasteiger charge is 2.27. The Morgan fingerprint density at radius 2 is 0.794 bits per heavy atom. The summed E-state index contributed by atoms with van der Waals surface area (Å²) >= 11 is 0. The van der Waals surface area contributed by atoms with E-state index in [0.29, 0.717) is 17.2 Å². The van der Waals surface area contributed by atoms with Gasteiger partial charge in [-0.2, -0.15) is 0 Å². The Kier molecular flexibility index (Phi) is 8.43. The zero-order valence-corrected chi connectivity index (χ0v) is 19.1. The van der Waals surface area contributed by atoms with Crippen LogP contribution in [0.15, 0.2) is 72.8 Å². The summed E-state index contributed by atoms with van der Waals surface area (Å²) in [5.74, 6) is -0.510. The second-order valence-electron chi connectivity index (χ2n) is 7.00. The lowest BCUT2D eigenvalue weighted by atomic mass is 10.3. The van der Waals surface area contributed by atoms with Gasteiger partial charge in [0.15, 0.2) is 19.8 Å². The standard InChI is InChI=1S/C24H24N3O6P/c25-22(28)13-31-16-7-1-4-10-19(16)34(20-11-5-2-8-17(20)32-14-23(26)29)21-12-6-3-9-18(21)33-15-24(27)30/h1-12H,13-15H2,(H2,25,28)(H2,26,29)(H2,27,30). The van der Waals surface area contributed by atoms with E-state index >= 15 is 0 Å². The third-order valence-electron chi connectivity index (χ3n) is 4.43. The molecule has 0 fully saturated rings. The molecule has 176 valence electrons. The molecular weight excluding hydrogens is 457 g/mol. The molecule has 0 saturated heterocycles. The van der Waals surface area contributed by atoms with Gasteiger partial charge in [-0.3, -0.25) is 14.4 Å². The number of amides is 3. The molecule has 9 nitrogen and oxygen atoms in total. The molecule has 3 amide bonds. The maximum atomic E-state index is 11.4. The summed E-state index contributed by atoms with van der Waals surface area (Å²) < 4.78 is 17.1. The molecule has 3 aromatic carbocycles. The Morgan fingerprint density at radius 1 is 0.529 bits per heavy atom. The average molecular weight is 481 g/mol. The van der Waals surface area contributed by atoms with E-state index < -0.39 is 25.6 Å². The van der Waals surface area contributed by atoms with Crippen molar-refractivity contribution >= 4 is 41.6 Å². The van der Waals surface area contributed by atoms with Gasteiger partial charge in [0.25, 0.3) is 17.7 Å². The number of nitrogens with two attached hydrogens (primary N) is 3. The highest BCUT2D eigenvalue weighted by atomic mass is 31.1. The molecule has 0 aromatic heterocycles. The largest absolute Gasteiger partial charge is 0.483 e. The van der Waals surface area contributed by atoms with Gasteiger partial charge < -0.3 is 31.4 Å². The molecule has 10 heteroatoms.